The van der Waals surface area contributed by atoms with E-state index in [0.717, 1.165) is 23.8 Å². The second-order valence-electron chi connectivity index (χ2n) is 4.02. The number of nitrogens with zero attached hydrogens (tertiary/aromatic N) is 4. The molecule has 0 radical (unpaired) electrons. The fourth-order valence-corrected chi connectivity index (χ4v) is 2.71. The molecule has 2 heterocycles. The number of thiazole rings is 1. The topological polar surface area (TPSA) is 55.6 Å². The summed E-state index contributed by atoms with van der Waals surface area (Å²) in [6.45, 7) is 7.99. The van der Waals surface area contributed by atoms with Crippen LogP contribution in [-0.2, 0) is 6.54 Å². The van der Waals surface area contributed by atoms with E-state index in [0.29, 0.717) is 0 Å². The molecule has 0 bridgehead atoms. The largest absolute Gasteiger partial charge is 0.307 e. The van der Waals surface area contributed by atoms with Gasteiger partial charge in [0.15, 0.2) is 0 Å². The molecule has 1 atom stereocenters. The minimum Gasteiger partial charge on any atom is -0.307 e. The van der Waals surface area contributed by atoms with Crippen LogP contribution in [0.5, 0.6) is 0 Å². The maximum Gasteiger partial charge on any atom is 0.0900 e. The van der Waals surface area contributed by atoms with Crippen molar-refractivity contribution in [1.29, 1.82) is 0 Å². The molecular weight excluding hydrogens is 234 g/mol. The lowest BCUT2D eigenvalue weighted by Gasteiger charge is -2.12. The van der Waals surface area contributed by atoms with Crippen molar-refractivity contribution >= 4 is 11.3 Å². The third-order valence-corrected chi connectivity index (χ3v) is 3.51. The van der Waals surface area contributed by atoms with E-state index in [1.54, 1.807) is 17.5 Å². The van der Waals surface area contributed by atoms with Gasteiger partial charge in [-0.1, -0.05) is 5.21 Å². The van der Waals surface area contributed by atoms with E-state index in [2.05, 4.69) is 34.5 Å². The van der Waals surface area contributed by atoms with Crippen molar-refractivity contribution in [3.63, 3.8) is 0 Å². The van der Waals surface area contributed by atoms with Gasteiger partial charge in [0.25, 0.3) is 0 Å². The molecule has 0 aliphatic carbocycles. The van der Waals surface area contributed by atoms with Crippen LogP contribution < -0.4 is 5.32 Å². The summed E-state index contributed by atoms with van der Waals surface area (Å²) < 4.78 is 1.82. The molecule has 2 rings (SSSR count). The Balaban J connectivity index is 1.85. The number of aromatic nitrogens is 4. The van der Waals surface area contributed by atoms with Crippen molar-refractivity contribution < 1.29 is 0 Å². The monoisotopic (exact) mass is 251 g/mol. The first-order chi connectivity index (χ1) is 8.16. The Labute approximate surface area is 105 Å². The summed E-state index contributed by atoms with van der Waals surface area (Å²) in [4.78, 5) is 5.84. The highest BCUT2D eigenvalue weighted by atomic mass is 32.1. The quantitative estimate of drug-likeness (QED) is 0.879. The van der Waals surface area contributed by atoms with E-state index in [1.165, 1.54) is 4.88 Å². The van der Waals surface area contributed by atoms with Gasteiger partial charge in [0.1, 0.15) is 0 Å². The van der Waals surface area contributed by atoms with Gasteiger partial charge in [-0.15, -0.1) is 16.4 Å². The van der Waals surface area contributed by atoms with E-state index < -0.39 is 0 Å². The van der Waals surface area contributed by atoms with E-state index in [4.69, 9.17) is 0 Å². The van der Waals surface area contributed by atoms with Gasteiger partial charge >= 0.3 is 0 Å². The molecule has 5 nitrogen and oxygen atoms in total. The number of aryl methyl sites for hydroxylation is 2. The number of nitrogens with one attached hydrogen (secondary N) is 1. The molecule has 2 aromatic rings. The van der Waals surface area contributed by atoms with Crippen LogP contribution >= 0.6 is 11.3 Å². The smallest absolute Gasteiger partial charge is 0.0900 e. The van der Waals surface area contributed by atoms with Crippen molar-refractivity contribution in [3.8, 4) is 0 Å². The summed E-state index contributed by atoms with van der Waals surface area (Å²) in [6, 6.07) is 0.281. The van der Waals surface area contributed by atoms with Crippen LogP contribution in [0.1, 0.15) is 28.5 Å². The van der Waals surface area contributed by atoms with Crippen LogP contribution in [0, 0.1) is 13.8 Å². The molecule has 0 spiro atoms. The molecule has 0 aliphatic rings. The maximum atomic E-state index is 4.55. The minimum absolute atomic E-state index is 0.281. The SMILES string of the molecule is Cc1nc(C(C)NCCn2ccnn2)c(C)s1. The van der Waals surface area contributed by atoms with Crippen LogP contribution in [0.25, 0.3) is 0 Å². The molecule has 0 saturated carbocycles. The summed E-state index contributed by atoms with van der Waals surface area (Å²) in [7, 11) is 0. The standard InChI is InChI=1S/C11H17N5S/c1-8(11-9(2)17-10(3)14-11)12-4-6-16-7-5-13-15-16/h5,7-8,12H,4,6H2,1-3H3. The summed E-state index contributed by atoms with van der Waals surface area (Å²) in [6.07, 6.45) is 3.56. The van der Waals surface area contributed by atoms with Crippen LogP contribution in [-0.4, -0.2) is 26.5 Å². The zero-order valence-electron chi connectivity index (χ0n) is 10.3. The van der Waals surface area contributed by atoms with Gasteiger partial charge in [0, 0.05) is 23.7 Å². The van der Waals surface area contributed by atoms with Crippen molar-refractivity contribution in [3.05, 3.63) is 28.0 Å². The highest BCUT2D eigenvalue weighted by Gasteiger charge is 2.12. The zero-order chi connectivity index (χ0) is 12.3. The lowest BCUT2D eigenvalue weighted by molar-refractivity contribution is 0.493. The third kappa shape index (κ3) is 3.10. The molecule has 0 saturated heterocycles. The molecule has 1 N–H and O–H groups in total. The zero-order valence-corrected chi connectivity index (χ0v) is 11.2. The second-order valence-corrected chi connectivity index (χ2v) is 5.42. The highest BCUT2D eigenvalue weighted by molar-refractivity contribution is 7.11. The highest BCUT2D eigenvalue weighted by Crippen LogP contribution is 2.22. The molecule has 6 heteroatoms. The van der Waals surface area contributed by atoms with Crippen molar-refractivity contribution in [1.82, 2.24) is 25.3 Å². The van der Waals surface area contributed by atoms with E-state index >= 15 is 0 Å². The van der Waals surface area contributed by atoms with Crippen molar-refractivity contribution in [2.45, 2.75) is 33.4 Å². The van der Waals surface area contributed by atoms with E-state index in [1.807, 2.05) is 17.8 Å². The molecule has 0 aromatic carbocycles. The molecular formula is C11H17N5S. The summed E-state index contributed by atoms with van der Waals surface area (Å²) >= 11 is 1.75. The Morgan fingerprint density at radius 3 is 2.88 bits per heavy atom. The van der Waals surface area contributed by atoms with E-state index in [-0.39, 0.29) is 6.04 Å². The lowest BCUT2D eigenvalue weighted by Crippen LogP contribution is -2.24. The van der Waals surface area contributed by atoms with E-state index in [9.17, 15) is 0 Å². The molecule has 0 amide bonds. The molecule has 0 fully saturated rings. The van der Waals surface area contributed by atoms with Crippen molar-refractivity contribution in [2.75, 3.05) is 6.54 Å². The number of rotatable bonds is 5. The van der Waals surface area contributed by atoms with Crippen molar-refractivity contribution in [2.24, 2.45) is 0 Å². The van der Waals surface area contributed by atoms with Crippen LogP contribution in [0.3, 0.4) is 0 Å². The van der Waals surface area contributed by atoms with Gasteiger partial charge in [0.05, 0.1) is 23.4 Å². The predicted molar refractivity (Wildman–Crippen MR) is 68.0 cm³/mol. The predicted octanol–water partition coefficient (Wildman–Crippen LogP) is 1.70. The van der Waals surface area contributed by atoms with Crippen LogP contribution in [0.15, 0.2) is 12.4 Å². The van der Waals surface area contributed by atoms with Gasteiger partial charge in [-0.25, -0.2) is 4.98 Å². The Morgan fingerprint density at radius 1 is 1.47 bits per heavy atom. The number of hydrogen-bond acceptors (Lipinski definition) is 5. The first-order valence-corrected chi connectivity index (χ1v) is 6.50. The molecule has 1 unspecified atom stereocenters. The average Bonchev–Trinajstić information content (AvgIpc) is 2.88. The Kier molecular flexibility index (Phi) is 3.86. The van der Waals surface area contributed by atoms with Gasteiger partial charge < -0.3 is 5.32 Å². The van der Waals surface area contributed by atoms with Crippen LogP contribution in [0.4, 0.5) is 0 Å². The maximum absolute atomic E-state index is 4.55. The fourth-order valence-electron chi connectivity index (χ4n) is 1.79. The molecule has 0 aliphatic heterocycles. The van der Waals surface area contributed by atoms with Gasteiger partial charge in [-0.2, -0.15) is 0 Å². The van der Waals surface area contributed by atoms with Crippen LogP contribution in [0.2, 0.25) is 0 Å². The third-order valence-electron chi connectivity index (χ3n) is 2.61. The van der Waals surface area contributed by atoms with Gasteiger partial charge in [-0.3, -0.25) is 4.68 Å². The first kappa shape index (κ1) is 12.2. The molecule has 92 valence electrons. The summed E-state index contributed by atoms with van der Waals surface area (Å²) in [5.74, 6) is 0. The molecule has 17 heavy (non-hydrogen) atoms. The Hall–Kier alpha value is -1.27. The Morgan fingerprint density at radius 2 is 2.29 bits per heavy atom. The minimum atomic E-state index is 0.281. The number of hydrogen-bond donors (Lipinski definition) is 1. The summed E-state index contributed by atoms with van der Waals surface area (Å²) in [5, 5.41) is 12.3. The normalized spacial score (nSPS) is 12.9. The Bertz CT molecular complexity index is 462. The first-order valence-electron chi connectivity index (χ1n) is 5.68. The lowest BCUT2D eigenvalue weighted by atomic mass is 10.2. The summed E-state index contributed by atoms with van der Waals surface area (Å²) in [5.41, 5.74) is 1.16. The molecule has 2 aromatic heterocycles. The van der Waals surface area contributed by atoms with Gasteiger partial charge in [0.2, 0.25) is 0 Å². The fraction of sp³-hybridized carbons (Fsp3) is 0.545. The van der Waals surface area contributed by atoms with Gasteiger partial charge in [-0.05, 0) is 20.8 Å². The average molecular weight is 251 g/mol. The second kappa shape index (κ2) is 5.37.